The zero-order valence-electron chi connectivity index (χ0n) is 11.4. The van der Waals surface area contributed by atoms with Gasteiger partial charge in [-0.25, -0.2) is 4.98 Å². The smallest absolute Gasteiger partial charge is 0.238 e. The van der Waals surface area contributed by atoms with Crippen molar-refractivity contribution in [1.82, 2.24) is 15.3 Å². The molecule has 0 aliphatic carbocycles. The maximum absolute atomic E-state index is 5.72. The Labute approximate surface area is 118 Å². The molecule has 1 aromatic heterocycles. The molecule has 5 heteroatoms. The molecule has 1 N–H and O–H groups in total. The summed E-state index contributed by atoms with van der Waals surface area (Å²) in [6.07, 6.45) is 5.70. The fourth-order valence-corrected chi connectivity index (χ4v) is 2.28. The molecule has 0 saturated carbocycles. The minimum atomic E-state index is 0.293. The van der Waals surface area contributed by atoms with Crippen LogP contribution < -0.4 is 14.8 Å². The van der Waals surface area contributed by atoms with Crippen LogP contribution in [0.5, 0.6) is 17.4 Å². The first kappa shape index (κ1) is 12.9. The van der Waals surface area contributed by atoms with Crippen molar-refractivity contribution in [1.29, 1.82) is 0 Å². The van der Waals surface area contributed by atoms with Crippen LogP contribution in [0.25, 0.3) is 0 Å². The second-order valence-corrected chi connectivity index (χ2v) is 4.71. The number of nitrogens with zero attached hydrogens (tertiary/aromatic N) is 2. The molecule has 1 unspecified atom stereocenters. The quantitative estimate of drug-likeness (QED) is 0.926. The summed E-state index contributed by atoms with van der Waals surface area (Å²) in [5.74, 6) is 2.03. The lowest BCUT2D eigenvalue weighted by Gasteiger charge is -2.11. The molecule has 0 bridgehead atoms. The van der Waals surface area contributed by atoms with Crippen LogP contribution in [-0.4, -0.2) is 23.6 Å². The summed E-state index contributed by atoms with van der Waals surface area (Å²) in [5, 5.41) is 3.40. The highest BCUT2D eigenvalue weighted by Gasteiger charge is 2.18. The average Bonchev–Trinajstić information content (AvgIpc) is 3.03. The third-order valence-electron chi connectivity index (χ3n) is 3.33. The Hall–Kier alpha value is -2.14. The van der Waals surface area contributed by atoms with E-state index in [2.05, 4.69) is 15.3 Å². The summed E-state index contributed by atoms with van der Waals surface area (Å²) in [6.45, 7) is 1.04. The first-order chi connectivity index (χ1) is 9.85. The maximum atomic E-state index is 5.72. The molecule has 1 atom stereocenters. The Balaban J connectivity index is 1.74. The van der Waals surface area contributed by atoms with Gasteiger partial charge in [-0.15, -0.1) is 0 Å². The van der Waals surface area contributed by atoms with Crippen LogP contribution in [0.1, 0.15) is 24.6 Å². The van der Waals surface area contributed by atoms with Crippen molar-refractivity contribution in [3.63, 3.8) is 0 Å². The Bertz CT molecular complexity index is 566. The number of benzene rings is 1. The van der Waals surface area contributed by atoms with Crippen molar-refractivity contribution in [3.05, 3.63) is 42.4 Å². The van der Waals surface area contributed by atoms with E-state index >= 15 is 0 Å². The minimum Gasteiger partial charge on any atom is -0.497 e. The lowest BCUT2D eigenvalue weighted by Crippen LogP contribution is -2.14. The Kier molecular flexibility index (Phi) is 3.78. The molecule has 1 aliphatic heterocycles. The molecule has 20 heavy (non-hydrogen) atoms. The van der Waals surface area contributed by atoms with E-state index in [4.69, 9.17) is 9.47 Å². The molecule has 1 aromatic carbocycles. The van der Waals surface area contributed by atoms with Crippen LogP contribution in [0.4, 0.5) is 0 Å². The van der Waals surface area contributed by atoms with Crippen molar-refractivity contribution in [2.45, 2.75) is 18.9 Å². The highest BCUT2D eigenvalue weighted by molar-refractivity contribution is 5.33. The van der Waals surface area contributed by atoms with E-state index in [1.165, 1.54) is 6.42 Å². The summed E-state index contributed by atoms with van der Waals surface area (Å²) in [5.41, 5.74) is 0.938. The third-order valence-corrected chi connectivity index (χ3v) is 3.33. The highest BCUT2D eigenvalue weighted by atomic mass is 16.5. The molecule has 104 valence electrons. The van der Waals surface area contributed by atoms with E-state index in [1.54, 1.807) is 19.5 Å². The van der Waals surface area contributed by atoms with Gasteiger partial charge in [-0.05, 0) is 43.7 Å². The highest BCUT2D eigenvalue weighted by Crippen LogP contribution is 2.25. The van der Waals surface area contributed by atoms with Gasteiger partial charge < -0.3 is 14.8 Å². The molecule has 0 radical (unpaired) electrons. The van der Waals surface area contributed by atoms with Gasteiger partial charge in [0.1, 0.15) is 11.5 Å². The number of nitrogens with one attached hydrogen (secondary N) is 1. The van der Waals surface area contributed by atoms with Crippen molar-refractivity contribution < 1.29 is 9.47 Å². The van der Waals surface area contributed by atoms with Gasteiger partial charge in [-0.1, -0.05) is 0 Å². The number of hydrogen-bond donors (Lipinski definition) is 1. The SMILES string of the molecule is COc1ccc(Oc2cncc(C3CCCN3)n2)cc1. The molecule has 3 rings (SSSR count). The second-order valence-electron chi connectivity index (χ2n) is 4.71. The maximum Gasteiger partial charge on any atom is 0.238 e. The van der Waals surface area contributed by atoms with E-state index in [9.17, 15) is 0 Å². The van der Waals surface area contributed by atoms with E-state index < -0.39 is 0 Å². The predicted molar refractivity (Wildman–Crippen MR) is 75.1 cm³/mol. The molecule has 1 saturated heterocycles. The fourth-order valence-electron chi connectivity index (χ4n) is 2.28. The van der Waals surface area contributed by atoms with E-state index in [-0.39, 0.29) is 0 Å². The number of methoxy groups -OCH3 is 1. The summed E-state index contributed by atoms with van der Waals surface area (Å²) in [6, 6.07) is 7.69. The van der Waals surface area contributed by atoms with Gasteiger partial charge in [0.25, 0.3) is 0 Å². The van der Waals surface area contributed by atoms with E-state index in [1.807, 2.05) is 24.3 Å². The van der Waals surface area contributed by atoms with Crippen molar-refractivity contribution in [2.24, 2.45) is 0 Å². The zero-order valence-corrected chi connectivity index (χ0v) is 11.4. The second kappa shape index (κ2) is 5.88. The largest absolute Gasteiger partial charge is 0.497 e. The van der Waals surface area contributed by atoms with Crippen LogP contribution in [0.15, 0.2) is 36.7 Å². The summed E-state index contributed by atoms with van der Waals surface area (Å²) in [7, 11) is 1.64. The van der Waals surface area contributed by atoms with Crippen LogP contribution in [0.3, 0.4) is 0 Å². The van der Waals surface area contributed by atoms with Gasteiger partial charge in [-0.2, -0.15) is 0 Å². The first-order valence-corrected chi connectivity index (χ1v) is 6.72. The number of rotatable bonds is 4. The number of aromatic nitrogens is 2. The summed E-state index contributed by atoms with van der Waals surface area (Å²) in [4.78, 5) is 8.72. The van der Waals surface area contributed by atoms with Gasteiger partial charge >= 0.3 is 0 Å². The normalized spacial score (nSPS) is 17.9. The van der Waals surface area contributed by atoms with Crippen LogP contribution in [-0.2, 0) is 0 Å². The number of hydrogen-bond acceptors (Lipinski definition) is 5. The minimum absolute atomic E-state index is 0.293. The lowest BCUT2D eigenvalue weighted by molar-refractivity contribution is 0.411. The van der Waals surface area contributed by atoms with Gasteiger partial charge in [-0.3, -0.25) is 4.98 Å². The molecule has 0 amide bonds. The van der Waals surface area contributed by atoms with Gasteiger partial charge in [0, 0.05) is 0 Å². The van der Waals surface area contributed by atoms with Crippen LogP contribution in [0, 0.1) is 0 Å². The van der Waals surface area contributed by atoms with Crippen molar-refractivity contribution in [2.75, 3.05) is 13.7 Å². The number of ether oxygens (including phenoxy) is 2. The molecule has 0 spiro atoms. The van der Waals surface area contributed by atoms with Crippen LogP contribution >= 0.6 is 0 Å². The van der Waals surface area contributed by atoms with E-state index in [0.29, 0.717) is 11.9 Å². The molecule has 1 fully saturated rings. The van der Waals surface area contributed by atoms with Crippen molar-refractivity contribution >= 4 is 0 Å². The topological polar surface area (TPSA) is 56.3 Å². The Morgan fingerprint density at radius 2 is 1.95 bits per heavy atom. The summed E-state index contributed by atoms with van der Waals surface area (Å²) < 4.78 is 10.8. The van der Waals surface area contributed by atoms with Gasteiger partial charge in [0.05, 0.1) is 31.2 Å². The average molecular weight is 271 g/mol. The summed E-state index contributed by atoms with van der Waals surface area (Å²) >= 11 is 0. The first-order valence-electron chi connectivity index (χ1n) is 6.72. The van der Waals surface area contributed by atoms with Gasteiger partial charge in [0.15, 0.2) is 0 Å². The molecule has 5 nitrogen and oxygen atoms in total. The Morgan fingerprint density at radius 1 is 1.15 bits per heavy atom. The molecule has 2 heterocycles. The zero-order chi connectivity index (χ0) is 13.8. The molecular formula is C15H17N3O2. The Morgan fingerprint density at radius 3 is 2.65 bits per heavy atom. The lowest BCUT2D eigenvalue weighted by atomic mass is 10.2. The predicted octanol–water partition coefficient (Wildman–Crippen LogP) is 2.70. The molecular weight excluding hydrogens is 254 g/mol. The van der Waals surface area contributed by atoms with Crippen LogP contribution in [0.2, 0.25) is 0 Å². The third kappa shape index (κ3) is 2.88. The van der Waals surface area contributed by atoms with E-state index in [0.717, 1.165) is 30.2 Å². The monoisotopic (exact) mass is 271 g/mol. The van der Waals surface area contributed by atoms with Gasteiger partial charge in [0.2, 0.25) is 5.88 Å². The van der Waals surface area contributed by atoms with Crippen molar-refractivity contribution in [3.8, 4) is 17.4 Å². The molecule has 2 aromatic rings. The molecule has 1 aliphatic rings. The fraction of sp³-hybridized carbons (Fsp3) is 0.333. The standard InChI is InChI=1S/C15H17N3O2/c1-19-11-4-6-12(7-5-11)20-15-10-16-9-14(18-15)13-3-2-8-17-13/h4-7,9-10,13,17H,2-3,8H2,1H3.